The highest BCUT2D eigenvalue weighted by atomic mass is 35.5. The number of alkyl halides is 1. The number of hydrogen-bond donors (Lipinski definition) is 3. The van der Waals surface area contributed by atoms with Crippen molar-refractivity contribution in [1.82, 2.24) is 5.32 Å². The van der Waals surface area contributed by atoms with Gasteiger partial charge in [-0.2, -0.15) is 5.26 Å². The van der Waals surface area contributed by atoms with Crippen LogP contribution in [0.2, 0.25) is 0 Å². The molecule has 1 amide bonds. The number of amides is 1. The molecular formula is C17H20ClN3O2. The minimum atomic E-state index is -0.101. The normalized spacial score (nSPS) is 30.0. The second-order valence-electron chi connectivity index (χ2n) is 6.44. The van der Waals surface area contributed by atoms with Gasteiger partial charge in [-0.05, 0) is 43.7 Å². The molecule has 1 aromatic rings. The summed E-state index contributed by atoms with van der Waals surface area (Å²) in [6, 6.07) is 6.99. The van der Waals surface area contributed by atoms with Gasteiger partial charge in [0.25, 0.3) is 0 Å². The lowest BCUT2D eigenvalue weighted by atomic mass is 9.75. The average Bonchev–Trinajstić information content (AvgIpc) is 2.53. The molecule has 1 saturated heterocycles. The van der Waals surface area contributed by atoms with Crippen LogP contribution in [0.15, 0.2) is 18.2 Å². The van der Waals surface area contributed by atoms with Crippen LogP contribution in [0.1, 0.15) is 31.2 Å². The molecule has 1 aliphatic heterocycles. The minimum absolute atomic E-state index is 0.0528. The first-order valence-electron chi connectivity index (χ1n) is 7.98. The van der Waals surface area contributed by atoms with E-state index < -0.39 is 0 Å². The first-order valence-corrected chi connectivity index (χ1v) is 8.42. The van der Waals surface area contributed by atoms with E-state index in [-0.39, 0.29) is 34.6 Å². The summed E-state index contributed by atoms with van der Waals surface area (Å²) < 4.78 is 0. The number of nitrogens with one attached hydrogen (secondary N) is 2. The Hall–Kier alpha value is -1.93. The summed E-state index contributed by atoms with van der Waals surface area (Å²) in [5.41, 5.74) is 0.944. The summed E-state index contributed by atoms with van der Waals surface area (Å²) >= 11 is 6.26. The molecule has 1 aliphatic carbocycles. The van der Waals surface area contributed by atoms with E-state index in [0.29, 0.717) is 18.2 Å². The number of nitrogens with zero attached hydrogens (tertiary/aromatic N) is 1. The molecular weight excluding hydrogens is 314 g/mol. The number of anilines is 1. The van der Waals surface area contributed by atoms with Gasteiger partial charge in [-0.1, -0.05) is 0 Å². The number of phenols is 1. The van der Waals surface area contributed by atoms with Gasteiger partial charge in [-0.15, -0.1) is 11.6 Å². The molecule has 2 fully saturated rings. The van der Waals surface area contributed by atoms with Crippen LogP contribution in [-0.2, 0) is 4.79 Å². The van der Waals surface area contributed by atoms with E-state index in [9.17, 15) is 9.90 Å². The highest BCUT2D eigenvalue weighted by Crippen LogP contribution is 2.35. The Kier molecular flexibility index (Phi) is 4.63. The quantitative estimate of drug-likeness (QED) is 0.742. The molecule has 1 heterocycles. The van der Waals surface area contributed by atoms with Crippen molar-refractivity contribution in [2.24, 2.45) is 11.8 Å². The maximum atomic E-state index is 12.2. The third kappa shape index (κ3) is 3.53. The summed E-state index contributed by atoms with van der Waals surface area (Å²) in [6.45, 7) is 0.507. The van der Waals surface area contributed by atoms with Crippen LogP contribution in [0.4, 0.5) is 5.69 Å². The number of carbonyl (C=O) groups is 1. The molecule has 1 saturated carbocycles. The summed E-state index contributed by atoms with van der Waals surface area (Å²) in [4.78, 5) is 12.2. The lowest BCUT2D eigenvalue weighted by molar-refractivity contribution is -0.129. The van der Waals surface area contributed by atoms with Gasteiger partial charge in [0.1, 0.15) is 11.8 Å². The van der Waals surface area contributed by atoms with E-state index >= 15 is 0 Å². The second kappa shape index (κ2) is 6.67. The summed E-state index contributed by atoms with van der Waals surface area (Å²) in [5.74, 6) is 0.383. The van der Waals surface area contributed by atoms with Crippen molar-refractivity contribution in [1.29, 1.82) is 5.26 Å². The van der Waals surface area contributed by atoms with Crippen molar-refractivity contribution in [3.63, 3.8) is 0 Å². The third-order valence-corrected chi connectivity index (χ3v) is 5.27. The van der Waals surface area contributed by atoms with Gasteiger partial charge in [-0.25, -0.2) is 0 Å². The Labute approximate surface area is 140 Å². The topological polar surface area (TPSA) is 85.2 Å². The molecule has 0 bridgehead atoms. The van der Waals surface area contributed by atoms with Crippen molar-refractivity contribution in [3.8, 4) is 11.8 Å². The molecule has 1 aromatic carbocycles. The number of nitriles is 1. The van der Waals surface area contributed by atoms with Crippen LogP contribution in [-0.4, -0.2) is 29.0 Å². The number of piperidine rings is 1. The number of halogens is 1. The molecule has 0 radical (unpaired) electrons. The zero-order valence-corrected chi connectivity index (χ0v) is 13.5. The molecule has 3 rings (SSSR count). The first-order chi connectivity index (χ1) is 11.1. The predicted octanol–water partition coefficient (Wildman–Crippen LogP) is 2.59. The van der Waals surface area contributed by atoms with Crippen molar-refractivity contribution >= 4 is 23.2 Å². The number of phenolic OH excluding ortho intramolecular Hbond substituents is 1. The van der Waals surface area contributed by atoms with Gasteiger partial charge in [0.15, 0.2) is 0 Å². The van der Waals surface area contributed by atoms with E-state index in [2.05, 4.69) is 10.6 Å². The molecule has 5 nitrogen and oxygen atoms in total. The average molecular weight is 334 g/mol. The van der Waals surface area contributed by atoms with Crippen molar-refractivity contribution in [2.75, 3.05) is 11.9 Å². The molecule has 122 valence electrons. The zero-order valence-electron chi connectivity index (χ0n) is 12.8. The van der Waals surface area contributed by atoms with Gasteiger partial charge < -0.3 is 15.7 Å². The molecule has 4 atom stereocenters. The fourth-order valence-electron chi connectivity index (χ4n) is 3.58. The molecule has 0 aromatic heterocycles. The van der Waals surface area contributed by atoms with Crippen molar-refractivity contribution in [2.45, 2.75) is 37.1 Å². The van der Waals surface area contributed by atoms with Gasteiger partial charge in [0, 0.05) is 29.7 Å². The van der Waals surface area contributed by atoms with E-state index in [1.54, 1.807) is 12.1 Å². The number of aromatic hydroxyl groups is 1. The van der Waals surface area contributed by atoms with Gasteiger partial charge in [-0.3, -0.25) is 4.79 Å². The number of benzene rings is 1. The van der Waals surface area contributed by atoms with Gasteiger partial charge in [0.05, 0.1) is 11.5 Å². The van der Waals surface area contributed by atoms with Crippen LogP contribution < -0.4 is 10.6 Å². The molecule has 4 unspecified atom stereocenters. The fraction of sp³-hybridized carbons (Fsp3) is 0.529. The molecule has 23 heavy (non-hydrogen) atoms. The van der Waals surface area contributed by atoms with E-state index in [1.807, 2.05) is 6.07 Å². The highest BCUT2D eigenvalue weighted by molar-refractivity contribution is 6.20. The SMILES string of the molecule is N#Cc1ccc(NCC2CC3CC(Cl)CCC3NC2=O)cc1O. The lowest BCUT2D eigenvalue weighted by Gasteiger charge is -2.41. The number of carbonyl (C=O) groups excluding carboxylic acids is 1. The van der Waals surface area contributed by atoms with Gasteiger partial charge in [0.2, 0.25) is 5.91 Å². The zero-order chi connectivity index (χ0) is 16.4. The number of hydrogen-bond acceptors (Lipinski definition) is 4. The lowest BCUT2D eigenvalue weighted by Crippen LogP contribution is -2.53. The van der Waals surface area contributed by atoms with E-state index in [4.69, 9.17) is 16.9 Å². The Morgan fingerprint density at radius 3 is 2.96 bits per heavy atom. The Morgan fingerprint density at radius 1 is 1.39 bits per heavy atom. The van der Waals surface area contributed by atoms with Gasteiger partial charge >= 0.3 is 0 Å². The van der Waals surface area contributed by atoms with E-state index in [1.165, 1.54) is 6.07 Å². The molecule has 6 heteroatoms. The largest absolute Gasteiger partial charge is 0.506 e. The van der Waals surface area contributed by atoms with Crippen molar-refractivity contribution in [3.05, 3.63) is 23.8 Å². The van der Waals surface area contributed by atoms with Crippen LogP contribution in [0.3, 0.4) is 0 Å². The minimum Gasteiger partial charge on any atom is -0.506 e. The maximum Gasteiger partial charge on any atom is 0.225 e. The maximum absolute atomic E-state index is 12.2. The highest BCUT2D eigenvalue weighted by Gasteiger charge is 2.38. The van der Waals surface area contributed by atoms with Crippen molar-refractivity contribution < 1.29 is 9.90 Å². The summed E-state index contributed by atoms with van der Waals surface area (Å²) in [5, 5.41) is 25.0. The fourth-order valence-corrected chi connectivity index (χ4v) is 3.94. The van der Waals surface area contributed by atoms with Crippen LogP contribution in [0.5, 0.6) is 5.75 Å². The first kappa shape index (κ1) is 15.9. The molecule has 0 spiro atoms. The Bertz CT molecular complexity index is 643. The second-order valence-corrected chi connectivity index (χ2v) is 7.06. The third-order valence-electron chi connectivity index (χ3n) is 4.87. The van der Waals surface area contributed by atoms with E-state index in [0.717, 1.165) is 25.7 Å². The number of rotatable bonds is 3. The summed E-state index contributed by atoms with van der Waals surface area (Å²) in [6.07, 6.45) is 3.74. The monoisotopic (exact) mass is 333 g/mol. The van der Waals surface area contributed by atoms with Crippen LogP contribution >= 0.6 is 11.6 Å². The standard InChI is InChI=1S/C17H20ClN3O2/c18-13-2-4-15-11(6-13)5-12(17(23)21-15)9-20-14-3-1-10(8-19)16(22)7-14/h1,3,7,11-13,15,20,22H,2,4-6,9H2,(H,21,23). The Balaban J connectivity index is 1.60. The Morgan fingerprint density at radius 2 is 2.22 bits per heavy atom. The predicted molar refractivity (Wildman–Crippen MR) is 88.3 cm³/mol. The molecule has 3 N–H and O–H groups in total. The number of fused-ring (bicyclic) bond motifs is 1. The smallest absolute Gasteiger partial charge is 0.225 e. The van der Waals surface area contributed by atoms with Crippen LogP contribution in [0, 0.1) is 23.2 Å². The summed E-state index contributed by atoms with van der Waals surface area (Å²) in [7, 11) is 0. The molecule has 2 aliphatic rings. The van der Waals surface area contributed by atoms with Crippen LogP contribution in [0.25, 0.3) is 0 Å².